The summed E-state index contributed by atoms with van der Waals surface area (Å²) in [4.78, 5) is 38.8. The molecule has 1 aromatic carbocycles. The molecule has 0 unspecified atom stereocenters. The van der Waals surface area contributed by atoms with E-state index in [1.165, 1.54) is 0 Å². The van der Waals surface area contributed by atoms with Crippen molar-refractivity contribution in [1.82, 2.24) is 14.8 Å². The summed E-state index contributed by atoms with van der Waals surface area (Å²) >= 11 is 0. The van der Waals surface area contributed by atoms with Gasteiger partial charge in [-0.3, -0.25) is 19.8 Å². The van der Waals surface area contributed by atoms with Crippen LogP contribution in [0, 0.1) is 0 Å². The summed E-state index contributed by atoms with van der Waals surface area (Å²) in [5.74, 6) is -1.20. The van der Waals surface area contributed by atoms with Gasteiger partial charge in [-0.25, -0.2) is 4.79 Å². The summed E-state index contributed by atoms with van der Waals surface area (Å²) in [6, 6.07) is 11.5. The van der Waals surface area contributed by atoms with Gasteiger partial charge in [-0.2, -0.15) is 0 Å². The first-order chi connectivity index (χ1) is 14.5. The van der Waals surface area contributed by atoms with Gasteiger partial charge in [0.25, 0.3) is 11.8 Å². The normalized spacial score (nSPS) is 18.5. The van der Waals surface area contributed by atoms with Gasteiger partial charge in [0.1, 0.15) is 5.57 Å². The van der Waals surface area contributed by atoms with Crippen molar-refractivity contribution in [2.45, 2.75) is 19.8 Å². The van der Waals surface area contributed by atoms with Gasteiger partial charge in [-0.1, -0.05) is 61.9 Å². The first-order valence-electron chi connectivity index (χ1n) is 10.0. The summed E-state index contributed by atoms with van der Waals surface area (Å²) < 4.78 is 2.04. The fourth-order valence-corrected chi connectivity index (χ4v) is 3.77. The molecule has 2 aromatic rings. The quantitative estimate of drug-likeness (QED) is 0.629. The number of amides is 4. The van der Waals surface area contributed by atoms with E-state index in [-0.39, 0.29) is 12.1 Å². The molecule has 0 spiro atoms. The number of nitrogens with one attached hydrogen (secondary N) is 1. The number of aromatic nitrogens is 1. The second-order valence-electron chi connectivity index (χ2n) is 7.37. The summed E-state index contributed by atoms with van der Waals surface area (Å²) in [5.41, 5.74) is 2.59. The number of unbranched alkanes of at least 4 members (excludes halogenated alkanes) is 1. The van der Waals surface area contributed by atoms with Gasteiger partial charge in [0.05, 0.1) is 0 Å². The molecule has 1 saturated heterocycles. The maximum atomic E-state index is 13.0. The van der Waals surface area contributed by atoms with Gasteiger partial charge in [0, 0.05) is 29.9 Å². The lowest BCUT2D eigenvalue weighted by Gasteiger charge is -2.27. The highest BCUT2D eigenvalue weighted by molar-refractivity contribution is 6.30. The van der Waals surface area contributed by atoms with E-state index in [0.29, 0.717) is 12.0 Å². The molecular formula is C24H23N3O3. The minimum absolute atomic E-state index is 0.00864. The maximum Gasteiger partial charge on any atom is 0.331 e. The number of rotatable bonds is 4. The van der Waals surface area contributed by atoms with Crippen LogP contribution in [0.25, 0.3) is 23.4 Å². The van der Waals surface area contributed by atoms with Gasteiger partial charge in [-0.05, 0) is 29.7 Å². The van der Waals surface area contributed by atoms with E-state index in [0.717, 1.165) is 33.1 Å². The zero-order chi connectivity index (χ0) is 21.3. The van der Waals surface area contributed by atoms with Crippen molar-refractivity contribution >= 4 is 30.0 Å². The van der Waals surface area contributed by atoms with Crippen LogP contribution in [-0.4, -0.2) is 33.9 Å². The van der Waals surface area contributed by atoms with Crippen molar-refractivity contribution < 1.29 is 14.4 Å². The smallest absolute Gasteiger partial charge is 0.331 e. The predicted octanol–water partition coefficient (Wildman–Crippen LogP) is 2.00. The van der Waals surface area contributed by atoms with E-state index in [9.17, 15) is 14.4 Å². The van der Waals surface area contributed by atoms with Crippen molar-refractivity contribution in [3.8, 4) is 11.3 Å². The Hall–Kier alpha value is -3.67. The number of allylic oxidation sites excluding steroid dienone is 3. The highest BCUT2D eigenvalue weighted by atomic mass is 16.2. The molecule has 4 amide bonds. The molecule has 4 rings (SSSR count). The van der Waals surface area contributed by atoms with Crippen LogP contribution in [0.3, 0.4) is 0 Å². The van der Waals surface area contributed by atoms with Crippen molar-refractivity contribution in [2.75, 3.05) is 6.54 Å². The lowest BCUT2D eigenvalue weighted by molar-refractivity contribution is -0.130. The van der Waals surface area contributed by atoms with E-state index < -0.39 is 17.8 Å². The van der Waals surface area contributed by atoms with Crippen LogP contribution < -0.4 is 15.9 Å². The molecule has 152 valence electrons. The van der Waals surface area contributed by atoms with Crippen molar-refractivity contribution in [3.05, 3.63) is 70.3 Å². The molecule has 30 heavy (non-hydrogen) atoms. The number of carbonyl (C=O) groups excluding carboxylic acids is 3. The number of urea groups is 1. The van der Waals surface area contributed by atoms with Crippen LogP contribution >= 0.6 is 0 Å². The Labute approximate surface area is 174 Å². The molecule has 1 aliphatic carbocycles. The first-order valence-corrected chi connectivity index (χ1v) is 10.0. The largest absolute Gasteiger partial charge is 0.344 e. The highest BCUT2D eigenvalue weighted by Crippen LogP contribution is 2.19. The Bertz CT molecular complexity index is 1220. The Morgan fingerprint density at radius 2 is 1.83 bits per heavy atom. The second kappa shape index (κ2) is 7.99. The topological polar surface area (TPSA) is 71.4 Å². The lowest BCUT2D eigenvalue weighted by Crippen LogP contribution is -2.54. The lowest BCUT2D eigenvalue weighted by atomic mass is 10.0. The third-order valence-corrected chi connectivity index (χ3v) is 5.40. The molecule has 0 atom stereocenters. The summed E-state index contributed by atoms with van der Waals surface area (Å²) in [7, 11) is 1.96. The zero-order valence-corrected chi connectivity index (χ0v) is 17.0. The monoisotopic (exact) mass is 401 g/mol. The van der Waals surface area contributed by atoms with Crippen LogP contribution in [0.2, 0.25) is 0 Å². The molecule has 1 N–H and O–H groups in total. The van der Waals surface area contributed by atoms with Crippen LogP contribution in [0.4, 0.5) is 4.79 Å². The average Bonchev–Trinajstić information content (AvgIpc) is 2.90. The minimum Gasteiger partial charge on any atom is -0.344 e. The molecule has 2 aliphatic rings. The Kier molecular flexibility index (Phi) is 5.23. The predicted molar refractivity (Wildman–Crippen MR) is 115 cm³/mol. The fraction of sp³-hybridized carbons (Fsp3) is 0.208. The fourth-order valence-electron chi connectivity index (χ4n) is 3.77. The number of nitrogens with zero attached hydrogens (tertiary/aromatic N) is 2. The van der Waals surface area contributed by atoms with Gasteiger partial charge < -0.3 is 4.57 Å². The number of hydrogen-bond donors (Lipinski definition) is 1. The molecule has 2 heterocycles. The standard InChI is InChI=1S/C24H23N3O3/c1-3-4-13-27-23(29)21(22(28)25-24(27)30)18-12-8-11-17-14-19(26(2)20(17)15-18)16-9-6-5-7-10-16/h5-12,14-15H,3-4,13H2,1-2H3,(H,25,28,30)/b21-18-. The van der Waals surface area contributed by atoms with E-state index >= 15 is 0 Å². The summed E-state index contributed by atoms with van der Waals surface area (Å²) in [5, 5.41) is 4.18. The second-order valence-corrected chi connectivity index (χ2v) is 7.37. The van der Waals surface area contributed by atoms with Gasteiger partial charge >= 0.3 is 6.03 Å². The first kappa shape index (κ1) is 19.6. The minimum atomic E-state index is -0.658. The Balaban J connectivity index is 1.85. The number of imide groups is 2. The number of hydrogen-bond acceptors (Lipinski definition) is 3. The van der Waals surface area contributed by atoms with E-state index in [1.807, 2.05) is 67.1 Å². The average molecular weight is 401 g/mol. The maximum absolute atomic E-state index is 13.0. The molecule has 1 fully saturated rings. The molecule has 1 aliphatic heterocycles. The molecular weight excluding hydrogens is 378 g/mol. The summed E-state index contributed by atoms with van der Waals surface area (Å²) in [6.07, 6.45) is 8.88. The number of carbonyl (C=O) groups is 3. The third kappa shape index (κ3) is 3.41. The SMILES string of the molecule is CCCCN1C(=O)NC(=O)/C(=C2\C=CC=c3cc(-c4ccccc4)n(C)c3=C2)C1=O. The van der Waals surface area contributed by atoms with E-state index in [1.54, 1.807) is 6.08 Å². The third-order valence-electron chi connectivity index (χ3n) is 5.40. The van der Waals surface area contributed by atoms with E-state index in [4.69, 9.17) is 0 Å². The van der Waals surface area contributed by atoms with Crippen molar-refractivity contribution in [1.29, 1.82) is 0 Å². The summed E-state index contributed by atoms with van der Waals surface area (Å²) in [6.45, 7) is 2.27. The van der Waals surface area contributed by atoms with Gasteiger partial charge in [0.2, 0.25) is 0 Å². The zero-order valence-electron chi connectivity index (χ0n) is 17.0. The van der Waals surface area contributed by atoms with Crippen LogP contribution in [-0.2, 0) is 16.6 Å². The molecule has 6 heteroatoms. The molecule has 0 bridgehead atoms. The Morgan fingerprint density at radius 3 is 2.57 bits per heavy atom. The molecule has 6 nitrogen and oxygen atoms in total. The van der Waals surface area contributed by atoms with Gasteiger partial charge in [0.15, 0.2) is 0 Å². The number of fused-ring (bicyclic) bond motifs is 1. The number of barbiturate groups is 1. The molecule has 0 saturated carbocycles. The highest BCUT2D eigenvalue weighted by Gasteiger charge is 2.36. The van der Waals surface area contributed by atoms with E-state index in [2.05, 4.69) is 11.4 Å². The van der Waals surface area contributed by atoms with Crippen LogP contribution in [0.1, 0.15) is 19.8 Å². The number of benzene rings is 1. The van der Waals surface area contributed by atoms with Crippen LogP contribution in [0.5, 0.6) is 0 Å². The van der Waals surface area contributed by atoms with Crippen molar-refractivity contribution in [3.63, 3.8) is 0 Å². The molecule has 1 aromatic heterocycles. The van der Waals surface area contributed by atoms with Crippen LogP contribution in [0.15, 0.2) is 59.7 Å². The Morgan fingerprint density at radius 1 is 1.07 bits per heavy atom. The molecule has 0 radical (unpaired) electrons. The van der Waals surface area contributed by atoms with Crippen molar-refractivity contribution in [2.24, 2.45) is 7.05 Å². The van der Waals surface area contributed by atoms with Gasteiger partial charge in [-0.15, -0.1) is 0 Å².